The summed E-state index contributed by atoms with van der Waals surface area (Å²) in [6, 6.07) is 4.14. The van der Waals surface area contributed by atoms with Gasteiger partial charge in [0.15, 0.2) is 10.6 Å². The normalized spacial score (nSPS) is 12.7. The van der Waals surface area contributed by atoms with Crippen LogP contribution in [-0.2, 0) is 16.6 Å². The molecule has 0 saturated heterocycles. The monoisotopic (exact) mass is 319 g/mol. The van der Waals surface area contributed by atoms with Crippen LogP contribution >= 0.6 is 0 Å². The fraction of sp³-hybridized carbons (Fsp3) is 0.200. The van der Waals surface area contributed by atoms with Gasteiger partial charge in [0, 0.05) is 23.0 Å². The van der Waals surface area contributed by atoms with Gasteiger partial charge in [0.2, 0.25) is 0 Å². The molecule has 1 unspecified atom stereocenters. The minimum Gasteiger partial charge on any atom is -0.363 e. The van der Waals surface area contributed by atoms with Gasteiger partial charge in [0.25, 0.3) is 0 Å². The largest absolute Gasteiger partial charge is 0.363 e. The number of pyridine rings is 1. The van der Waals surface area contributed by atoms with Crippen molar-refractivity contribution in [2.45, 2.75) is 24.8 Å². The van der Waals surface area contributed by atoms with Crippen molar-refractivity contribution in [3.63, 3.8) is 0 Å². The standard InChI is InChI=1S/C15H14FN3O2S/c1-8-6-17-13(9(2)14(8)20)7-22(21)15-18-11-4-3-10(16)5-12(11)19-15/h3-6H,7H2,1-2H3,(H,17,20)(H,18,19). The first-order valence-corrected chi connectivity index (χ1v) is 7.99. The number of benzene rings is 1. The van der Waals surface area contributed by atoms with Crippen molar-refractivity contribution >= 4 is 21.8 Å². The van der Waals surface area contributed by atoms with Crippen molar-refractivity contribution < 1.29 is 8.60 Å². The van der Waals surface area contributed by atoms with Gasteiger partial charge < -0.3 is 9.97 Å². The van der Waals surface area contributed by atoms with E-state index in [4.69, 9.17) is 0 Å². The molecule has 2 heterocycles. The molecule has 0 bridgehead atoms. The number of nitrogens with one attached hydrogen (secondary N) is 2. The maximum absolute atomic E-state index is 13.2. The summed E-state index contributed by atoms with van der Waals surface area (Å²) in [5, 5.41) is 0.265. The summed E-state index contributed by atoms with van der Waals surface area (Å²) in [5.41, 5.74) is 2.77. The van der Waals surface area contributed by atoms with Crippen molar-refractivity contribution in [3.8, 4) is 0 Å². The molecule has 0 saturated carbocycles. The number of imidazole rings is 1. The average Bonchev–Trinajstić information content (AvgIpc) is 2.91. The number of aryl methyl sites for hydroxylation is 1. The summed E-state index contributed by atoms with van der Waals surface area (Å²) in [7, 11) is -1.46. The highest BCUT2D eigenvalue weighted by Gasteiger charge is 2.14. The number of H-pyrrole nitrogens is 2. The lowest BCUT2D eigenvalue weighted by Gasteiger charge is -2.05. The van der Waals surface area contributed by atoms with Crippen molar-refractivity contribution in [2.75, 3.05) is 0 Å². The van der Waals surface area contributed by atoms with Gasteiger partial charge in [-0.3, -0.25) is 9.00 Å². The number of rotatable bonds is 3. The summed E-state index contributed by atoms with van der Waals surface area (Å²) < 4.78 is 25.6. The lowest BCUT2D eigenvalue weighted by Crippen LogP contribution is -2.14. The Balaban J connectivity index is 1.93. The molecule has 3 rings (SSSR count). The van der Waals surface area contributed by atoms with Crippen LogP contribution in [-0.4, -0.2) is 19.2 Å². The van der Waals surface area contributed by atoms with E-state index in [0.717, 1.165) is 0 Å². The number of nitrogens with zero attached hydrogens (tertiary/aromatic N) is 1. The molecule has 1 atom stereocenters. The topological polar surface area (TPSA) is 78.6 Å². The molecule has 2 aromatic heterocycles. The highest BCUT2D eigenvalue weighted by Crippen LogP contribution is 2.16. The Labute approximate surface area is 128 Å². The summed E-state index contributed by atoms with van der Waals surface area (Å²) in [6.07, 6.45) is 1.61. The maximum Gasteiger partial charge on any atom is 0.197 e. The van der Waals surface area contributed by atoms with Crippen LogP contribution in [0.4, 0.5) is 4.39 Å². The van der Waals surface area contributed by atoms with Crippen LogP contribution in [0.5, 0.6) is 0 Å². The smallest absolute Gasteiger partial charge is 0.197 e. The molecule has 1 aromatic carbocycles. The minimum atomic E-state index is -1.46. The number of fused-ring (bicyclic) bond motifs is 1. The Morgan fingerprint density at radius 1 is 1.32 bits per heavy atom. The summed E-state index contributed by atoms with van der Waals surface area (Å²) in [5.74, 6) is -0.240. The second-order valence-corrected chi connectivity index (χ2v) is 6.46. The number of aromatic amines is 2. The zero-order valence-electron chi connectivity index (χ0n) is 12.1. The Morgan fingerprint density at radius 2 is 2.09 bits per heavy atom. The molecule has 2 N–H and O–H groups in total. The third-order valence-electron chi connectivity index (χ3n) is 3.53. The van der Waals surface area contributed by atoms with E-state index >= 15 is 0 Å². The fourth-order valence-electron chi connectivity index (χ4n) is 2.22. The Bertz CT molecular complexity index is 946. The van der Waals surface area contributed by atoms with E-state index in [-0.39, 0.29) is 22.2 Å². The molecule has 0 radical (unpaired) electrons. The van der Waals surface area contributed by atoms with E-state index in [1.807, 2.05) is 0 Å². The minimum absolute atomic E-state index is 0.0579. The number of hydrogen-bond acceptors (Lipinski definition) is 3. The zero-order chi connectivity index (χ0) is 15.9. The molecule has 0 fully saturated rings. The van der Waals surface area contributed by atoms with E-state index in [9.17, 15) is 13.4 Å². The van der Waals surface area contributed by atoms with E-state index < -0.39 is 10.8 Å². The van der Waals surface area contributed by atoms with Crippen molar-refractivity contribution in [1.29, 1.82) is 0 Å². The average molecular weight is 319 g/mol. The molecule has 0 aliphatic carbocycles. The third kappa shape index (κ3) is 2.59. The lowest BCUT2D eigenvalue weighted by atomic mass is 10.2. The van der Waals surface area contributed by atoms with Gasteiger partial charge in [-0.25, -0.2) is 9.37 Å². The third-order valence-corrected chi connectivity index (χ3v) is 4.70. The molecule has 0 aliphatic rings. The Kier molecular flexibility index (Phi) is 3.66. The van der Waals surface area contributed by atoms with Crippen LogP contribution in [0.3, 0.4) is 0 Å². The van der Waals surface area contributed by atoms with Crippen molar-refractivity contribution in [2.24, 2.45) is 0 Å². The van der Waals surface area contributed by atoms with Crippen LogP contribution in [0.15, 0.2) is 34.3 Å². The summed E-state index contributed by atoms with van der Waals surface area (Å²) in [6.45, 7) is 3.42. The molecular formula is C15H14FN3O2S. The second kappa shape index (κ2) is 5.49. The molecule has 0 amide bonds. The fourth-order valence-corrected chi connectivity index (χ4v) is 3.34. The highest BCUT2D eigenvalue weighted by molar-refractivity contribution is 7.84. The van der Waals surface area contributed by atoms with Crippen molar-refractivity contribution in [3.05, 3.63) is 57.3 Å². The second-order valence-electron chi connectivity index (χ2n) is 5.10. The number of hydrogen-bond donors (Lipinski definition) is 2. The van der Waals surface area contributed by atoms with E-state index in [1.165, 1.54) is 18.2 Å². The maximum atomic E-state index is 13.2. The van der Waals surface area contributed by atoms with E-state index in [1.54, 1.807) is 20.0 Å². The zero-order valence-corrected chi connectivity index (χ0v) is 12.9. The van der Waals surface area contributed by atoms with Crippen LogP contribution in [0.2, 0.25) is 0 Å². The summed E-state index contributed by atoms with van der Waals surface area (Å²) in [4.78, 5) is 22.0. The molecule has 0 spiro atoms. The van der Waals surface area contributed by atoms with Crippen LogP contribution in [0.25, 0.3) is 11.0 Å². The molecule has 22 heavy (non-hydrogen) atoms. The Morgan fingerprint density at radius 3 is 2.86 bits per heavy atom. The predicted octanol–water partition coefficient (Wildman–Crippen LogP) is 2.31. The number of aromatic nitrogens is 3. The first-order chi connectivity index (χ1) is 10.5. The quantitative estimate of drug-likeness (QED) is 0.777. The first kappa shape index (κ1) is 14.6. The lowest BCUT2D eigenvalue weighted by molar-refractivity contribution is 0.629. The molecule has 114 valence electrons. The number of halogens is 1. The molecule has 7 heteroatoms. The van der Waals surface area contributed by atoms with Gasteiger partial charge in [-0.05, 0) is 32.0 Å². The SMILES string of the molecule is Cc1c[nH]c(CS(=O)c2nc3ccc(F)cc3[nH]2)c(C)c1=O. The Hall–Kier alpha value is -2.28. The molecule has 3 aromatic rings. The summed E-state index contributed by atoms with van der Waals surface area (Å²) >= 11 is 0. The van der Waals surface area contributed by atoms with Gasteiger partial charge in [0.1, 0.15) is 5.82 Å². The van der Waals surface area contributed by atoms with Crippen molar-refractivity contribution in [1.82, 2.24) is 15.0 Å². The highest BCUT2D eigenvalue weighted by atomic mass is 32.2. The van der Waals surface area contributed by atoms with Crippen LogP contribution in [0, 0.1) is 19.7 Å². The van der Waals surface area contributed by atoms with Gasteiger partial charge >= 0.3 is 0 Å². The molecular weight excluding hydrogens is 305 g/mol. The van der Waals surface area contributed by atoms with Gasteiger partial charge in [0.05, 0.1) is 27.6 Å². The van der Waals surface area contributed by atoms with Gasteiger partial charge in [-0.1, -0.05) is 0 Å². The first-order valence-electron chi connectivity index (χ1n) is 6.67. The van der Waals surface area contributed by atoms with E-state index in [2.05, 4.69) is 15.0 Å². The van der Waals surface area contributed by atoms with E-state index in [0.29, 0.717) is 27.9 Å². The van der Waals surface area contributed by atoms with Gasteiger partial charge in [-0.2, -0.15) is 0 Å². The van der Waals surface area contributed by atoms with Crippen LogP contribution in [0.1, 0.15) is 16.8 Å². The predicted molar refractivity (Wildman–Crippen MR) is 82.7 cm³/mol. The van der Waals surface area contributed by atoms with Crippen LogP contribution < -0.4 is 5.43 Å². The molecule has 0 aliphatic heterocycles. The molecule has 5 nitrogen and oxygen atoms in total. The van der Waals surface area contributed by atoms with Gasteiger partial charge in [-0.15, -0.1) is 0 Å².